The smallest absolute Gasteiger partial charge is 0.320 e. The van der Waals surface area contributed by atoms with Crippen LogP contribution >= 0.6 is 0 Å². The maximum Gasteiger partial charge on any atom is 0.320 e. The first kappa shape index (κ1) is 14.5. The number of carbonyl (C=O) groups is 1. The molecule has 0 radical (unpaired) electrons. The van der Waals surface area contributed by atoms with Gasteiger partial charge >= 0.3 is 5.97 Å². The quantitative estimate of drug-likeness (QED) is 0.814. The number of para-hydroxylation sites is 1. The van der Waals surface area contributed by atoms with Gasteiger partial charge in [0.25, 0.3) is 0 Å². The zero-order valence-corrected chi connectivity index (χ0v) is 11.4. The van der Waals surface area contributed by atoms with Crippen LogP contribution in [0.4, 0.5) is 0 Å². The van der Waals surface area contributed by atoms with Crippen molar-refractivity contribution in [2.75, 3.05) is 7.05 Å². The fraction of sp³-hybridized carbons (Fsp3) is 0.500. The van der Waals surface area contributed by atoms with Crippen LogP contribution in [-0.4, -0.2) is 29.8 Å². The average Bonchev–Trinajstić information content (AvgIpc) is 2.28. The molecule has 0 aliphatic carbocycles. The van der Waals surface area contributed by atoms with Crippen LogP contribution in [0.25, 0.3) is 0 Å². The second-order valence-electron chi connectivity index (χ2n) is 5.01. The zero-order valence-electron chi connectivity index (χ0n) is 11.4. The molecular formula is C14H21NO3. The molecule has 0 fully saturated rings. The van der Waals surface area contributed by atoms with Crippen LogP contribution in [0.5, 0.6) is 5.75 Å². The molecular weight excluding hydrogens is 230 g/mol. The normalized spacial score (nSPS) is 13.1. The molecule has 0 saturated heterocycles. The Morgan fingerprint density at radius 2 is 2.06 bits per heavy atom. The summed E-state index contributed by atoms with van der Waals surface area (Å²) in [7, 11) is 1.64. The Hall–Kier alpha value is -1.55. The average molecular weight is 251 g/mol. The maximum absolute atomic E-state index is 11.0. The Balaban J connectivity index is 2.75. The lowest BCUT2D eigenvalue weighted by atomic mass is 9.98. The molecule has 1 aromatic rings. The summed E-state index contributed by atoms with van der Waals surface area (Å²) in [5.74, 6) is -0.0679. The lowest BCUT2D eigenvalue weighted by Gasteiger charge is -2.29. The molecule has 0 aromatic heterocycles. The summed E-state index contributed by atoms with van der Waals surface area (Å²) in [4.78, 5) is 11.0. The standard InChI is InChI=1S/C14H21NO3/c1-10-7-5-6-8-12(10)18-14(2,3)9-11(15-4)13(16)17/h5-8,11,15H,9H2,1-4H3,(H,16,17). The SMILES string of the molecule is CNC(CC(C)(C)Oc1ccccc1C)C(=O)O. The molecule has 0 saturated carbocycles. The number of nitrogens with one attached hydrogen (secondary N) is 1. The number of ether oxygens (including phenoxy) is 1. The van der Waals surface area contributed by atoms with Gasteiger partial charge in [0.2, 0.25) is 0 Å². The van der Waals surface area contributed by atoms with Crippen molar-refractivity contribution in [3.8, 4) is 5.75 Å². The van der Waals surface area contributed by atoms with Gasteiger partial charge in [-0.3, -0.25) is 4.79 Å². The minimum Gasteiger partial charge on any atom is -0.488 e. The van der Waals surface area contributed by atoms with Crippen LogP contribution in [0.2, 0.25) is 0 Å². The Kier molecular flexibility index (Phi) is 4.73. The number of aliphatic carboxylic acids is 1. The molecule has 4 nitrogen and oxygen atoms in total. The summed E-state index contributed by atoms with van der Waals surface area (Å²) in [5.41, 5.74) is 0.500. The molecule has 4 heteroatoms. The number of likely N-dealkylation sites (N-methyl/N-ethyl adjacent to an activating group) is 1. The predicted octanol–water partition coefficient (Wildman–Crippen LogP) is 2.22. The Morgan fingerprint density at radius 3 is 2.56 bits per heavy atom. The van der Waals surface area contributed by atoms with Gasteiger partial charge in [-0.1, -0.05) is 18.2 Å². The summed E-state index contributed by atoms with van der Waals surface area (Å²) < 4.78 is 5.91. The largest absolute Gasteiger partial charge is 0.488 e. The van der Waals surface area contributed by atoms with E-state index in [-0.39, 0.29) is 0 Å². The van der Waals surface area contributed by atoms with Gasteiger partial charge in [-0.25, -0.2) is 0 Å². The van der Waals surface area contributed by atoms with Crippen molar-refractivity contribution in [2.24, 2.45) is 0 Å². The number of aryl methyl sites for hydroxylation is 1. The van der Waals surface area contributed by atoms with Crippen LogP contribution in [0.15, 0.2) is 24.3 Å². The lowest BCUT2D eigenvalue weighted by Crippen LogP contribution is -2.43. The topological polar surface area (TPSA) is 58.6 Å². The summed E-state index contributed by atoms with van der Waals surface area (Å²) >= 11 is 0. The van der Waals surface area contributed by atoms with E-state index in [0.717, 1.165) is 11.3 Å². The van der Waals surface area contributed by atoms with E-state index in [2.05, 4.69) is 5.32 Å². The van der Waals surface area contributed by atoms with Gasteiger partial charge < -0.3 is 15.2 Å². The third kappa shape index (κ3) is 4.04. The molecule has 2 N–H and O–H groups in total. The van der Waals surface area contributed by atoms with Gasteiger partial charge in [-0.2, -0.15) is 0 Å². The van der Waals surface area contributed by atoms with Gasteiger partial charge in [0.15, 0.2) is 0 Å². The van der Waals surface area contributed by atoms with Gasteiger partial charge in [0.05, 0.1) is 0 Å². The number of benzene rings is 1. The van der Waals surface area contributed by atoms with E-state index >= 15 is 0 Å². The Morgan fingerprint density at radius 1 is 1.44 bits per heavy atom. The van der Waals surface area contributed by atoms with Crippen LogP contribution < -0.4 is 10.1 Å². The van der Waals surface area contributed by atoms with E-state index in [1.54, 1.807) is 7.05 Å². The van der Waals surface area contributed by atoms with Crippen LogP contribution in [-0.2, 0) is 4.79 Å². The highest BCUT2D eigenvalue weighted by molar-refractivity contribution is 5.73. The first-order chi connectivity index (χ1) is 8.35. The van der Waals surface area contributed by atoms with Crippen LogP contribution in [0.1, 0.15) is 25.8 Å². The minimum absolute atomic E-state index is 0.396. The number of rotatable bonds is 6. The summed E-state index contributed by atoms with van der Waals surface area (Å²) in [5, 5.41) is 11.8. The third-order valence-corrected chi connectivity index (χ3v) is 2.82. The van der Waals surface area contributed by atoms with Crippen LogP contribution in [0.3, 0.4) is 0 Å². The molecule has 1 aromatic carbocycles. The lowest BCUT2D eigenvalue weighted by molar-refractivity contribution is -0.140. The first-order valence-electron chi connectivity index (χ1n) is 6.00. The van der Waals surface area contributed by atoms with Crippen molar-refractivity contribution in [3.63, 3.8) is 0 Å². The van der Waals surface area contributed by atoms with Crippen molar-refractivity contribution in [1.82, 2.24) is 5.32 Å². The van der Waals surface area contributed by atoms with E-state index < -0.39 is 17.6 Å². The van der Waals surface area contributed by atoms with Gasteiger partial charge in [0, 0.05) is 6.42 Å². The van der Waals surface area contributed by atoms with E-state index in [4.69, 9.17) is 9.84 Å². The highest BCUT2D eigenvalue weighted by Crippen LogP contribution is 2.25. The van der Waals surface area contributed by atoms with E-state index in [0.29, 0.717) is 6.42 Å². The van der Waals surface area contributed by atoms with Crippen molar-refractivity contribution >= 4 is 5.97 Å². The molecule has 0 bridgehead atoms. The number of carboxylic acid groups (broad SMARTS) is 1. The van der Waals surface area contributed by atoms with Crippen LogP contribution in [0, 0.1) is 6.92 Å². The molecule has 0 spiro atoms. The Bertz CT molecular complexity index is 415. The molecule has 100 valence electrons. The van der Waals surface area contributed by atoms with E-state index in [9.17, 15) is 4.79 Å². The predicted molar refractivity (Wildman–Crippen MR) is 71.0 cm³/mol. The van der Waals surface area contributed by atoms with Crippen molar-refractivity contribution < 1.29 is 14.6 Å². The second-order valence-corrected chi connectivity index (χ2v) is 5.01. The van der Waals surface area contributed by atoms with E-state index in [1.807, 2.05) is 45.0 Å². The van der Waals surface area contributed by atoms with Gasteiger partial charge in [-0.05, 0) is 39.4 Å². The molecule has 0 aliphatic heterocycles. The summed E-state index contributed by atoms with van der Waals surface area (Å²) in [6.45, 7) is 5.76. The van der Waals surface area contributed by atoms with Crippen molar-refractivity contribution in [2.45, 2.75) is 38.8 Å². The van der Waals surface area contributed by atoms with E-state index in [1.165, 1.54) is 0 Å². The summed E-state index contributed by atoms with van der Waals surface area (Å²) in [6, 6.07) is 7.11. The highest BCUT2D eigenvalue weighted by atomic mass is 16.5. The minimum atomic E-state index is -0.862. The highest BCUT2D eigenvalue weighted by Gasteiger charge is 2.28. The number of hydrogen-bond acceptors (Lipinski definition) is 3. The monoisotopic (exact) mass is 251 g/mol. The molecule has 0 heterocycles. The van der Waals surface area contributed by atoms with Crippen molar-refractivity contribution in [3.05, 3.63) is 29.8 Å². The number of hydrogen-bond donors (Lipinski definition) is 2. The summed E-state index contributed by atoms with van der Waals surface area (Å²) in [6.07, 6.45) is 0.396. The third-order valence-electron chi connectivity index (χ3n) is 2.82. The number of carboxylic acids is 1. The van der Waals surface area contributed by atoms with Crippen molar-refractivity contribution in [1.29, 1.82) is 0 Å². The zero-order chi connectivity index (χ0) is 13.8. The van der Waals surface area contributed by atoms with Gasteiger partial charge in [0.1, 0.15) is 17.4 Å². The molecule has 0 amide bonds. The maximum atomic E-state index is 11.0. The first-order valence-corrected chi connectivity index (χ1v) is 6.00. The molecule has 18 heavy (non-hydrogen) atoms. The van der Waals surface area contributed by atoms with Gasteiger partial charge in [-0.15, -0.1) is 0 Å². The molecule has 1 unspecified atom stereocenters. The fourth-order valence-corrected chi connectivity index (χ4v) is 1.81. The second kappa shape index (κ2) is 5.87. The molecule has 0 aliphatic rings. The fourth-order valence-electron chi connectivity index (χ4n) is 1.81. The Labute approximate surface area is 108 Å². The molecule has 1 rings (SSSR count). The molecule has 1 atom stereocenters.